The number of carboxylic acid groups (broad SMARTS) is 1. The molecule has 29 heavy (non-hydrogen) atoms. The van der Waals surface area contributed by atoms with Crippen LogP contribution in [-0.2, 0) is 16.4 Å². The van der Waals surface area contributed by atoms with Crippen molar-refractivity contribution in [3.05, 3.63) is 33.9 Å². The van der Waals surface area contributed by atoms with Gasteiger partial charge in [0, 0.05) is 31.3 Å². The van der Waals surface area contributed by atoms with Gasteiger partial charge in [0.15, 0.2) is 5.75 Å². The van der Waals surface area contributed by atoms with Crippen molar-refractivity contribution in [2.24, 2.45) is 5.92 Å². The Kier molecular flexibility index (Phi) is 9.31. The maximum absolute atomic E-state index is 12.8. The lowest BCUT2D eigenvalue weighted by atomic mass is 10.1. The molecule has 1 atom stereocenters. The van der Waals surface area contributed by atoms with E-state index in [9.17, 15) is 33.5 Å². The van der Waals surface area contributed by atoms with Crippen molar-refractivity contribution in [2.45, 2.75) is 40.0 Å². The van der Waals surface area contributed by atoms with Crippen LogP contribution in [0.3, 0.4) is 0 Å². The van der Waals surface area contributed by atoms with E-state index < -0.39 is 38.4 Å². The number of nitro benzene ring substituents is 1. The number of amides is 1. The zero-order valence-corrected chi connectivity index (χ0v) is 17.8. The molecule has 11 heteroatoms. The number of phenolic OH excluding ortho intramolecular Hbond substituents is 1. The molecule has 164 valence electrons. The maximum Gasteiger partial charge on any atom is 0.408 e. The smallest absolute Gasteiger partial charge is 0.408 e. The maximum atomic E-state index is 12.8. The fourth-order valence-electron chi connectivity index (χ4n) is 2.78. The van der Waals surface area contributed by atoms with Crippen LogP contribution < -0.4 is 0 Å². The molecule has 0 aliphatic rings. The Morgan fingerprint density at radius 1 is 1.28 bits per heavy atom. The van der Waals surface area contributed by atoms with Crippen LogP contribution in [0.25, 0.3) is 0 Å². The number of benzene rings is 1. The van der Waals surface area contributed by atoms with E-state index in [0.29, 0.717) is 12.8 Å². The Bertz CT molecular complexity index is 814. The zero-order chi connectivity index (χ0) is 22.2. The molecule has 2 N–H and O–H groups in total. The molecule has 0 aliphatic carbocycles. The molecule has 0 bridgehead atoms. The predicted molar refractivity (Wildman–Crippen MR) is 108 cm³/mol. The second-order valence-corrected chi connectivity index (χ2v) is 8.89. The topological polar surface area (TPSA) is 141 Å². The molecule has 1 unspecified atom stereocenters. The van der Waals surface area contributed by atoms with Crippen molar-refractivity contribution in [3.8, 4) is 5.75 Å². The van der Waals surface area contributed by atoms with Gasteiger partial charge in [-0.3, -0.25) is 15.0 Å². The molecule has 0 saturated heterocycles. The molecule has 0 fully saturated rings. The first kappa shape index (κ1) is 24.6. The standard InChI is InChI=1S/C18H29N3O7S/c1-4-10-20(11-9-15-7-6-8-16(17(15)22)21(25)26)29(27,28)13-19(18(23)24)12-14(3)5-2/h6-8,14,22H,4-5,9-13H2,1-3H3,(H,23,24). The van der Waals surface area contributed by atoms with E-state index in [1.807, 2.05) is 13.8 Å². The van der Waals surface area contributed by atoms with E-state index in [4.69, 9.17) is 0 Å². The van der Waals surface area contributed by atoms with Crippen LogP contribution in [-0.4, -0.2) is 64.4 Å². The summed E-state index contributed by atoms with van der Waals surface area (Å²) in [6.45, 7) is 5.79. The van der Waals surface area contributed by atoms with Crippen molar-refractivity contribution in [1.82, 2.24) is 9.21 Å². The number of rotatable bonds is 12. The Morgan fingerprint density at radius 3 is 2.45 bits per heavy atom. The first-order valence-electron chi connectivity index (χ1n) is 9.44. The molecule has 0 aromatic heterocycles. The van der Waals surface area contributed by atoms with E-state index in [1.165, 1.54) is 18.2 Å². The van der Waals surface area contributed by atoms with Crippen LogP contribution in [0.2, 0.25) is 0 Å². The summed E-state index contributed by atoms with van der Waals surface area (Å²) in [6, 6.07) is 4.08. The van der Waals surface area contributed by atoms with Crippen LogP contribution in [0.5, 0.6) is 5.75 Å². The summed E-state index contributed by atoms with van der Waals surface area (Å²) < 4.78 is 26.8. The highest BCUT2D eigenvalue weighted by Gasteiger charge is 2.28. The largest absolute Gasteiger partial charge is 0.502 e. The highest BCUT2D eigenvalue weighted by Crippen LogP contribution is 2.29. The first-order valence-corrected chi connectivity index (χ1v) is 11.0. The zero-order valence-electron chi connectivity index (χ0n) is 16.9. The third-order valence-corrected chi connectivity index (χ3v) is 6.40. The van der Waals surface area contributed by atoms with E-state index in [-0.39, 0.29) is 37.5 Å². The summed E-state index contributed by atoms with van der Waals surface area (Å²) in [5, 5.41) is 30.4. The van der Waals surface area contributed by atoms with Gasteiger partial charge in [-0.05, 0) is 18.8 Å². The molecular formula is C18H29N3O7S. The number of nitrogens with zero attached hydrogens (tertiary/aromatic N) is 3. The SMILES string of the molecule is CCCN(CCc1cccc([N+](=O)[O-])c1O)S(=O)(=O)CN(CC(C)CC)C(=O)O. The third-order valence-electron chi connectivity index (χ3n) is 4.61. The van der Waals surface area contributed by atoms with Crippen LogP contribution >= 0.6 is 0 Å². The van der Waals surface area contributed by atoms with Gasteiger partial charge in [-0.2, -0.15) is 0 Å². The molecule has 0 spiro atoms. The molecule has 0 heterocycles. The van der Waals surface area contributed by atoms with Crippen molar-refractivity contribution in [2.75, 3.05) is 25.5 Å². The number of carbonyl (C=O) groups is 1. The van der Waals surface area contributed by atoms with Gasteiger partial charge < -0.3 is 10.2 Å². The molecule has 10 nitrogen and oxygen atoms in total. The van der Waals surface area contributed by atoms with Crippen molar-refractivity contribution < 1.29 is 28.3 Å². The van der Waals surface area contributed by atoms with Gasteiger partial charge in [-0.15, -0.1) is 0 Å². The summed E-state index contributed by atoms with van der Waals surface area (Å²) >= 11 is 0. The fraction of sp³-hybridized carbons (Fsp3) is 0.611. The van der Waals surface area contributed by atoms with Crippen LogP contribution in [0.15, 0.2) is 18.2 Å². The lowest BCUT2D eigenvalue weighted by molar-refractivity contribution is -0.385. The number of para-hydroxylation sites is 1. The Morgan fingerprint density at radius 2 is 1.93 bits per heavy atom. The normalized spacial score (nSPS) is 12.7. The third kappa shape index (κ3) is 7.17. The highest BCUT2D eigenvalue weighted by atomic mass is 32.2. The van der Waals surface area contributed by atoms with Gasteiger partial charge in [0.05, 0.1) is 4.92 Å². The van der Waals surface area contributed by atoms with Crippen molar-refractivity contribution >= 4 is 21.8 Å². The van der Waals surface area contributed by atoms with Gasteiger partial charge in [-0.25, -0.2) is 17.5 Å². The summed E-state index contributed by atoms with van der Waals surface area (Å²) in [7, 11) is -3.93. The van der Waals surface area contributed by atoms with Gasteiger partial charge in [0.2, 0.25) is 10.0 Å². The number of nitro groups is 1. The second kappa shape index (κ2) is 11.0. The summed E-state index contributed by atoms with van der Waals surface area (Å²) in [4.78, 5) is 22.6. The average molecular weight is 432 g/mol. The number of phenols is 1. The summed E-state index contributed by atoms with van der Waals surface area (Å²) in [5.41, 5.74) is -0.191. The molecule has 1 aromatic carbocycles. The lowest BCUT2D eigenvalue weighted by Gasteiger charge is -2.27. The van der Waals surface area contributed by atoms with Crippen LogP contribution in [0.1, 0.15) is 39.2 Å². The van der Waals surface area contributed by atoms with Gasteiger partial charge in [0.1, 0.15) is 5.88 Å². The minimum absolute atomic E-state index is 0.0164. The van der Waals surface area contributed by atoms with E-state index >= 15 is 0 Å². The molecule has 1 aromatic rings. The quantitative estimate of drug-likeness (QED) is 0.383. The van der Waals surface area contributed by atoms with Crippen molar-refractivity contribution in [1.29, 1.82) is 0 Å². The molecule has 1 rings (SSSR count). The number of hydrogen-bond donors (Lipinski definition) is 2. The Labute approximate surface area is 170 Å². The second-order valence-electron chi connectivity index (χ2n) is 6.95. The summed E-state index contributed by atoms with van der Waals surface area (Å²) in [6.07, 6.45) is -0.0140. The Balaban J connectivity index is 2.99. The molecule has 0 aliphatic heterocycles. The molecule has 1 amide bonds. The first-order chi connectivity index (χ1) is 13.5. The van der Waals surface area contributed by atoms with Crippen molar-refractivity contribution in [3.63, 3.8) is 0 Å². The highest BCUT2D eigenvalue weighted by molar-refractivity contribution is 7.89. The van der Waals surface area contributed by atoms with E-state index in [0.717, 1.165) is 9.21 Å². The van der Waals surface area contributed by atoms with E-state index in [1.54, 1.807) is 6.92 Å². The Hall–Kier alpha value is -2.40. The minimum atomic E-state index is -3.93. The van der Waals surface area contributed by atoms with Crippen LogP contribution in [0, 0.1) is 16.0 Å². The monoisotopic (exact) mass is 431 g/mol. The summed E-state index contributed by atoms with van der Waals surface area (Å²) in [5.74, 6) is -1.13. The minimum Gasteiger partial charge on any atom is -0.502 e. The number of sulfonamides is 1. The number of aromatic hydroxyl groups is 1. The average Bonchev–Trinajstić information content (AvgIpc) is 2.64. The van der Waals surface area contributed by atoms with Gasteiger partial charge in [0.25, 0.3) is 0 Å². The van der Waals surface area contributed by atoms with Gasteiger partial charge >= 0.3 is 11.8 Å². The van der Waals surface area contributed by atoms with E-state index in [2.05, 4.69) is 0 Å². The molecule has 0 saturated carbocycles. The molecule has 0 radical (unpaired) electrons. The predicted octanol–water partition coefficient (Wildman–Crippen LogP) is 2.87. The fourth-order valence-corrected chi connectivity index (χ4v) is 4.38. The van der Waals surface area contributed by atoms with Crippen LogP contribution in [0.4, 0.5) is 10.5 Å². The molecular weight excluding hydrogens is 402 g/mol. The van der Waals surface area contributed by atoms with Gasteiger partial charge in [-0.1, -0.05) is 39.3 Å². The number of hydrogen-bond acceptors (Lipinski definition) is 6. The lowest BCUT2D eigenvalue weighted by Crippen LogP contribution is -2.44.